The number of aliphatic hydroxyl groups is 1. The van der Waals surface area contributed by atoms with Crippen molar-refractivity contribution >= 4 is 10.9 Å². The molecule has 0 spiro atoms. The van der Waals surface area contributed by atoms with Gasteiger partial charge in [-0.3, -0.25) is 9.69 Å². The van der Waals surface area contributed by atoms with Gasteiger partial charge in [0.1, 0.15) is 0 Å². The highest BCUT2D eigenvalue weighted by Crippen LogP contribution is 2.31. The van der Waals surface area contributed by atoms with Crippen molar-refractivity contribution in [1.29, 1.82) is 0 Å². The summed E-state index contributed by atoms with van der Waals surface area (Å²) in [5, 5.41) is 23.1. The van der Waals surface area contributed by atoms with E-state index in [9.17, 15) is 9.90 Å². The van der Waals surface area contributed by atoms with E-state index in [1.807, 2.05) is 35.9 Å². The van der Waals surface area contributed by atoms with Crippen LogP contribution in [0.4, 0.5) is 0 Å². The van der Waals surface area contributed by atoms with Gasteiger partial charge in [-0.1, -0.05) is 32.0 Å². The number of fused-ring (bicyclic) bond motifs is 1. The summed E-state index contributed by atoms with van der Waals surface area (Å²) in [6, 6.07) is 7.87. The summed E-state index contributed by atoms with van der Waals surface area (Å²) < 4.78 is 1.86. The molecule has 31 heavy (non-hydrogen) atoms. The van der Waals surface area contributed by atoms with Crippen LogP contribution in [0.3, 0.4) is 0 Å². The minimum atomic E-state index is -0.271. The number of H-pyrrole nitrogens is 1. The first-order chi connectivity index (χ1) is 14.6. The number of pyridine rings is 1. The van der Waals surface area contributed by atoms with E-state index < -0.39 is 0 Å². The van der Waals surface area contributed by atoms with Crippen LogP contribution in [0, 0.1) is 12.8 Å². The average molecular weight is 427 g/mol. The minimum Gasteiger partial charge on any atom is -0.396 e. The van der Waals surface area contributed by atoms with Gasteiger partial charge in [-0.15, -0.1) is 5.10 Å². The van der Waals surface area contributed by atoms with Gasteiger partial charge in [0.15, 0.2) is 5.82 Å². The van der Waals surface area contributed by atoms with Crippen molar-refractivity contribution in [3.05, 3.63) is 51.6 Å². The molecule has 0 aliphatic carbocycles. The number of nitrogens with one attached hydrogen (secondary N) is 1. The summed E-state index contributed by atoms with van der Waals surface area (Å²) in [7, 11) is 0. The molecule has 0 unspecified atom stereocenters. The third-order valence-electron chi connectivity index (χ3n) is 5.56. The van der Waals surface area contributed by atoms with Gasteiger partial charge in [0.2, 0.25) is 0 Å². The van der Waals surface area contributed by atoms with Gasteiger partial charge < -0.3 is 10.1 Å². The molecule has 0 amide bonds. The number of aliphatic hydroxyl groups excluding tert-OH is 1. The molecule has 2 N–H and O–H groups in total. The Morgan fingerprint density at radius 2 is 2.00 bits per heavy atom. The fourth-order valence-corrected chi connectivity index (χ4v) is 4.09. The zero-order valence-electron chi connectivity index (χ0n) is 19.4. The van der Waals surface area contributed by atoms with Crippen molar-refractivity contribution in [1.82, 2.24) is 30.1 Å². The normalized spacial score (nSPS) is 13.5. The number of hydrogen-bond donors (Lipinski definition) is 2. The van der Waals surface area contributed by atoms with Crippen LogP contribution in [-0.2, 0) is 12.1 Å². The average Bonchev–Trinajstić information content (AvgIpc) is 3.17. The lowest BCUT2D eigenvalue weighted by Crippen LogP contribution is -2.38. The second-order valence-corrected chi connectivity index (χ2v) is 9.52. The number of benzene rings is 1. The van der Waals surface area contributed by atoms with Gasteiger partial charge >= 0.3 is 0 Å². The molecule has 0 aliphatic rings. The Bertz CT molecular complexity index is 1080. The minimum absolute atomic E-state index is 0.0821. The molecule has 2 aromatic heterocycles. The first kappa shape index (κ1) is 23.1. The van der Waals surface area contributed by atoms with Gasteiger partial charge in [-0.2, -0.15) is 0 Å². The maximum atomic E-state index is 12.9. The SMILES string of the molecule is Cc1cccc2cc(CN(CCCO)[C@@H](c3nnnn3C(C)(C)C)C(C)C)c(=O)[nH]c12. The van der Waals surface area contributed by atoms with Crippen LogP contribution in [0.1, 0.15) is 64.0 Å². The molecule has 0 fully saturated rings. The number of aromatic amines is 1. The number of hydrogen-bond acceptors (Lipinski definition) is 6. The molecular formula is C23H34N6O2. The molecule has 0 saturated heterocycles. The fraction of sp³-hybridized carbons (Fsp3) is 0.565. The van der Waals surface area contributed by atoms with E-state index in [1.54, 1.807) is 0 Å². The summed E-state index contributed by atoms with van der Waals surface area (Å²) in [5.74, 6) is 0.973. The Hall–Kier alpha value is -2.58. The Labute approximate surface area is 183 Å². The number of aromatic nitrogens is 5. The first-order valence-corrected chi connectivity index (χ1v) is 10.9. The largest absolute Gasteiger partial charge is 0.396 e. The lowest BCUT2D eigenvalue weighted by molar-refractivity contribution is 0.116. The highest BCUT2D eigenvalue weighted by molar-refractivity contribution is 5.81. The topological polar surface area (TPSA) is 99.9 Å². The van der Waals surface area contributed by atoms with E-state index in [0.29, 0.717) is 25.1 Å². The molecule has 1 atom stereocenters. The number of nitrogens with zero attached hydrogens (tertiary/aromatic N) is 5. The maximum absolute atomic E-state index is 12.9. The summed E-state index contributed by atoms with van der Waals surface area (Å²) in [4.78, 5) is 18.2. The third kappa shape index (κ3) is 5.02. The first-order valence-electron chi connectivity index (χ1n) is 10.9. The van der Waals surface area contributed by atoms with E-state index >= 15 is 0 Å². The van der Waals surface area contributed by atoms with Crippen LogP contribution in [-0.4, -0.2) is 48.3 Å². The van der Waals surface area contributed by atoms with Crippen molar-refractivity contribution in [3.8, 4) is 0 Å². The molecule has 8 nitrogen and oxygen atoms in total. The Kier molecular flexibility index (Phi) is 6.91. The molecule has 2 heterocycles. The smallest absolute Gasteiger partial charge is 0.252 e. The van der Waals surface area contributed by atoms with Crippen LogP contribution in [0.25, 0.3) is 10.9 Å². The zero-order chi connectivity index (χ0) is 22.8. The van der Waals surface area contributed by atoms with Crippen molar-refractivity contribution in [2.45, 2.75) is 66.1 Å². The van der Waals surface area contributed by atoms with Crippen LogP contribution >= 0.6 is 0 Å². The number of aryl methyl sites for hydroxylation is 1. The zero-order valence-corrected chi connectivity index (χ0v) is 19.4. The Balaban J connectivity index is 2.05. The van der Waals surface area contributed by atoms with E-state index in [2.05, 4.69) is 60.0 Å². The predicted molar refractivity (Wildman–Crippen MR) is 122 cm³/mol. The summed E-state index contributed by atoms with van der Waals surface area (Å²) in [6.45, 7) is 13.6. The van der Waals surface area contributed by atoms with Gasteiger partial charge in [0.25, 0.3) is 5.56 Å². The fourth-order valence-electron chi connectivity index (χ4n) is 4.09. The molecule has 0 radical (unpaired) electrons. The number of tetrazole rings is 1. The Morgan fingerprint density at radius 1 is 1.26 bits per heavy atom. The van der Waals surface area contributed by atoms with Crippen LogP contribution in [0.15, 0.2) is 29.1 Å². The number of rotatable bonds is 8. The summed E-state index contributed by atoms with van der Waals surface area (Å²) in [6.07, 6.45) is 0.602. The lowest BCUT2D eigenvalue weighted by atomic mass is 9.98. The molecule has 1 aromatic carbocycles. The van der Waals surface area contributed by atoms with Gasteiger partial charge in [0.05, 0.1) is 17.1 Å². The van der Waals surface area contributed by atoms with E-state index in [4.69, 9.17) is 0 Å². The van der Waals surface area contributed by atoms with E-state index in [1.165, 1.54) is 0 Å². The Morgan fingerprint density at radius 3 is 2.65 bits per heavy atom. The van der Waals surface area contributed by atoms with Crippen molar-refractivity contribution in [2.75, 3.05) is 13.2 Å². The molecule has 3 rings (SSSR count). The molecule has 0 bridgehead atoms. The lowest BCUT2D eigenvalue weighted by Gasteiger charge is -2.35. The molecule has 3 aromatic rings. The molecular weight excluding hydrogens is 392 g/mol. The monoisotopic (exact) mass is 426 g/mol. The van der Waals surface area contributed by atoms with Crippen LogP contribution in [0.5, 0.6) is 0 Å². The molecule has 0 aliphatic heterocycles. The van der Waals surface area contributed by atoms with Crippen molar-refractivity contribution in [2.24, 2.45) is 5.92 Å². The highest BCUT2D eigenvalue weighted by Gasteiger charge is 2.32. The highest BCUT2D eigenvalue weighted by atomic mass is 16.3. The standard InChI is InChI=1S/C23H34N6O2/c1-15(2)20(21-25-26-27-29(21)23(4,5)6)28(11-8-12-30)14-18-13-17-10-7-9-16(3)19(17)24-22(18)31/h7,9-10,13,15,20,30H,8,11-12,14H2,1-6H3,(H,24,31)/t20-/m1/s1. The molecule has 0 saturated carbocycles. The molecule has 8 heteroatoms. The van der Waals surface area contributed by atoms with E-state index in [0.717, 1.165) is 22.3 Å². The second kappa shape index (κ2) is 9.28. The van der Waals surface area contributed by atoms with Crippen molar-refractivity contribution < 1.29 is 5.11 Å². The van der Waals surface area contributed by atoms with Crippen molar-refractivity contribution in [3.63, 3.8) is 0 Å². The van der Waals surface area contributed by atoms with E-state index in [-0.39, 0.29) is 29.7 Å². The predicted octanol–water partition coefficient (Wildman–Crippen LogP) is 3.16. The van der Waals surface area contributed by atoms with Crippen LogP contribution < -0.4 is 5.56 Å². The summed E-state index contributed by atoms with van der Waals surface area (Å²) in [5.41, 5.74) is 2.25. The third-order valence-corrected chi connectivity index (χ3v) is 5.56. The van der Waals surface area contributed by atoms with Gasteiger partial charge in [-0.05, 0) is 67.5 Å². The quantitative estimate of drug-likeness (QED) is 0.574. The van der Waals surface area contributed by atoms with Gasteiger partial charge in [-0.25, -0.2) is 4.68 Å². The maximum Gasteiger partial charge on any atom is 0.252 e. The van der Waals surface area contributed by atoms with Gasteiger partial charge in [0, 0.05) is 25.3 Å². The molecule has 168 valence electrons. The van der Waals surface area contributed by atoms with Crippen LogP contribution in [0.2, 0.25) is 0 Å². The second-order valence-electron chi connectivity index (χ2n) is 9.52. The summed E-state index contributed by atoms with van der Waals surface area (Å²) >= 11 is 0. The number of para-hydroxylation sites is 1.